The predicted octanol–water partition coefficient (Wildman–Crippen LogP) is 9.26. The Hall–Kier alpha value is -3.65. The average molecular weight is 596 g/mol. The van der Waals surface area contributed by atoms with Gasteiger partial charge in [-0.1, -0.05) is 44.0 Å². The van der Waals surface area contributed by atoms with E-state index < -0.39 is 0 Å². The Morgan fingerprint density at radius 2 is 1.37 bits per heavy atom. The summed E-state index contributed by atoms with van der Waals surface area (Å²) in [5.41, 5.74) is 3.27. The number of aryl methyl sites for hydroxylation is 2. The lowest BCUT2D eigenvalue weighted by Gasteiger charge is -2.07. The van der Waals surface area contributed by atoms with Crippen molar-refractivity contribution in [2.75, 3.05) is 0 Å². The van der Waals surface area contributed by atoms with Crippen LogP contribution in [0.15, 0.2) is 93.9 Å². The van der Waals surface area contributed by atoms with Crippen molar-refractivity contribution in [3.63, 3.8) is 0 Å². The quantitative estimate of drug-likeness (QED) is 0.235. The van der Waals surface area contributed by atoms with Crippen LogP contribution in [0.1, 0.15) is 16.7 Å². The predicted molar refractivity (Wildman–Crippen MR) is 143 cm³/mol. The number of hydrogen-bond acceptors (Lipinski definition) is 3. The molecule has 0 amide bonds. The third-order valence-corrected chi connectivity index (χ3v) is 6.23. The Labute approximate surface area is 221 Å². The van der Waals surface area contributed by atoms with E-state index in [0.717, 1.165) is 31.6 Å². The highest BCUT2D eigenvalue weighted by Crippen LogP contribution is 2.27. The van der Waals surface area contributed by atoms with Gasteiger partial charge >= 0.3 is 0 Å². The van der Waals surface area contributed by atoms with Gasteiger partial charge in [0.25, 0.3) is 0 Å². The summed E-state index contributed by atoms with van der Waals surface area (Å²) in [6.45, 7) is 10.8. The summed E-state index contributed by atoms with van der Waals surface area (Å²) in [4.78, 5) is 3.33. The van der Waals surface area contributed by atoms with Gasteiger partial charge in [-0.3, -0.25) is 0 Å². The molecule has 4 aromatic rings. The number of phenols is 1. The molecule has 4 nitrogen and oxygen atoms in total. The highest BCUT2D eigenvalue weighted by molar-refractivity contribution is 9.10. The van der Waals surface area contributed by atoms with Crippen LogP contribution in [0.25, 0.3) is 4.85 Å². The van der Waals surface area contributed by atoms with Gasteiger partial charge in [0.2, 0.25) is 0 Å². The fraction of sp³-hybridized carbons (Fsp3) is 0.0714. The highest BCUT2D eigenvalue weighted by Gasteiger charge is 2.00. The number of benzene rings is 4. The monoisotopic (exact) mass is 594 g/mol. The molecule has 0 fully saturated rings. The van der Waals surface area contributed by atoms with Crippen LogP contribution < -0.4 is 4.74 Å². The minimum atomic E-state index is -0.311. The molecule has 0 aromatic heterocycles. The molecule has 0 bridgehead atoms. The van der Waals surface area contributed by atoms with E-state index in [1.807, 2.05) is 44.2 Å². The molecule has 1 N–H and O–H groups in total. The van der Waals surface area contributed by atoms with Gasteiger partial charge in [-0.2, -0.15) is 5.26 Å². The maximum Gasteiger partial charge on any atom is 0.187 e. The molecule has 0 aliphatic carbocycles. The second kappa shape index (κ2) is 13.9. The van der Waals surface area contributed by atoms with E-state index in [9.17, 15) is 4.39 Å². The van der Waals surface area contributed by atoms with Crippen LogP contribution in [0.4, 0.5) is 10.1 Å². The van der Waals surface area contributed by atoms with Crippen LogP contribution >= 0.6 is 31.9 Å². The van der Waals surface area contributed by atoms with E-state index in [0.29, 0.717) is 17.0 Å². The molecule has 0 unspecified atom stereocenters. The summed E-state index contributed by atoms with van der Waals surface area (Å²) in [5.74, 6) is 1.53. The Kier molecular flexibility index (Phi) is 11.0. The van der Waals surface area contributed by atoms with Gasteiger partial charge in [-0.15, -0.1) is 0 Å². The van der Waals surface area contributed by atoms with Crippen molar-refractivity contribution in [1.82, 2.24) is 0 Å². The Bertz CT molecular complexity index is 1340. The van der Waals surface area contributed by atoms with Gasteiger partial charge in [0.05, 0.1) is 18.2 Å². The van der Waals surface area contributed by atoms with Gasteiger partial charge in [-0.05, 0) is 97.8 Å². The van der Waals surface area contributed by atoms with E-state index in [4.69, 9.17) is 21.7 Å². The number of ether oxygens (including phenoxy) is 1. The lowest BCUT2D eigenvalue weighted by atomic mass is 10.2. The first-order chi connectivity index (χ1) is 16.7. The van der Waals surface area contributed by atoms with E-state index in [1.54, 1.807) is 36.4 Å². The maximum atomic E-state index is 12.1. The summed E-state index contributed by atoms with van der Waals surface area (Å²) < 4.78 is 19.9. The molecule has 4 rings (SSSR count). The average Bonchev–Trinajstić information content (AvgIpc) is 2.86. The van der Waals surface area contributed by atoms with Gasteiger partial charge in [0.1, 0.15) is 23.1 Å². The number of nitrogens with zero attached hydrogens (tertiary/aromatic N) is 2. The molecular weight excluding hydrogens is 575 g/mol. The van der Waals surface area contributed by atoms with Crippen molar-refractivity contribution in [3.05, 3.63) is 128 Å². The third-order valence-electron chi connectivity index (χ3n) is 4.45. The van der Waals surface area contributed by atoms with Crippen LogP contribution in [0.3, 0.4) is 0 Å². The van der Waals surface area contributed by atoms with Crippen molar-refractivity contribution in [2.24, 2.45) is 0 Å². The zero-order valence-corrected chi connectivity index (χ0v) is 22.1. The molecule has 176 valence electrons. The number of aromatic hydroxyl groups is 1. The molecule has 0 atom stereocenters. The van der Waals surface area contributed by atoms with Gasteiger partial charge < -0.3 is 9.84 Å². The molecule has 0 aliphatic rings. The third kappa shape index (κ3) is 9.62. The number of phenolic OH excluding ortho intramolecular Hbond substituents is 1. The summed E-state index contributed by atoms with van der Waals surface area (Å²) in [6, 6.07) is 25.4. The molecule has 0 spiro atoms. The Morgan fingerprint density at radius 1 is 0.829 bits per heavy atom. The SMILES string of the molecule is Cc1cc(O)ccc1Br.N#Cc1ccc(F)cc1.[C-]#[N+]c1ccc(Oc2ccc(Br)c(C)c2)cc1. The fourth-order valence-corrected chi connectivity index (χ4v) is 3.05. The van der Waals surface area contributed by atoms with E-state index >= 15 is 0 Å². The minimum Gasteiger partial charge on any atom is -0.508 e. The van der Waals surface area contributed by atoms with Crippen LogP contribution in [0.2, 0.25) is 0 Å². The lowest BCUT2D eigenvalue weighted by molar-refractivity contribution is 0.474. The number of rotatable bonds is 2. The van der Waals surface area contributed by atoms with Crippen molar-refractivity contribution in [1.29, 1.82) is 5.26 Å². The standard InChI is InChI=1S/C14H10BrNO.C7H7BrO.C7H4FN/c1-10-9-13(7-8-14(10)15)17-12-5-3-11(16-2)4-6-12;1-5-4-6(9)2-3-7(5)8;8-7-3-1-6(5-9)2-4-7/h3-9H,1H3;2-4,9H,1H3;1-4H. The zero-order valence-electron chi connectivity index (χ0n) is 19.0. The Balaban J connectivity index is 0.000000203. The first kappa shape index (κ1) is 27.6. The van der Waals surface area contributed by atoms with Crippen LogP contribution in [-0.2, 0) is 0 Å². The summed E-state index contributed by atoms with van der Waals surface area (Å²) >= 11 is 6.76. The maximum absolute atomic E-state index is 12.1. The molecular formula is C28H21Br2FN2O2. The highest BCUT2D eigenvalue weighted by atomic mass is 79.9. The number of nitriles is 1. The Morgan fingerprint density at radius 3 is 1.86 bits per heavy atom. The molecule has 0 saturated carbocycles. The van der Waals surface area contributed by atoms with E-state index in [1.165, 1.54) is 24.3 Å². The topological polar surface area (TPSA) is 57.6 Å². The molecule has 7 heteroatoms. The van der Waals surface area contributed by atoms with Crippen LogP contribution in [-0.4, -0.2) is 5.11 Å². The van der Waals surface area contributed by atoms with Gasteiger partial charge in [-0.25, -0.2) is 9.24 Å². The minimum absolute atomic E-state index is 0.311. The van der Waals surface area contributed by atoms with Gasteiger partial charge in [0.15, 0.2) is 5.69 Å². The molecule has 4 aromatic carbocycles. The molecule has 0 radical (unpaired) electrons. The van der Waals surface area contributed by atoms with Crippen molar-refractivity contribution in [2.45, 2.75) is 13.8 Å². The summed E-state index contributed by atoms with van der Waals surface area (Å²) in [5, 5.41) is 17.2. The van der Waals surface area contributed by atoms with E-state index in [2.05, 4.69) is 36.7 Å². The fourth-order valence-electron chi connectivity index (χ4n) is 2.56. The first-order valence-electron chi connectivity index (χ1n) is 10.2. The molecule has 0 heterocycles. The van der Waals surface area contributed by atoms with Crippen molar-refractivity contribution >= 4 is 37.5 Å². The zero-order chi connectivity index (χ0) is 25.8. The first-order valence-corrected chi connectivity index (χ1v) is 11.8. The largest absolute Gasteiger partial charge is 0.508 e. The summed E-state index contributed by atoms with van der Waals surface area (Å²) in [7, 11) is 0. The van der Waals surface area contributed by atoms with Gasteiger partial charge in [0, 0.05) is 8.95 Å². The number of hydrogen-bond donors (Lipinski definition) is 1. The normalized spacial score (nSPS) is 9.34. The smallest absolute Gasteiger partial charge is 0.187 e. The van der Waals surface area contributed by atoms with Crippen molar-refractivity contribution in [3.8, 4) is 23.3 Å². The second-order valence-electron chi connectivity index (χ2n) is 7.17. The lowest BCUT2D eigenvalue weighted by Crippen LogP contribution is -1.85. The van der Waals surface area contributed by atoms with Crippen LogP contribution in [0.5, 0.6) is 17.2 Å². The van der Waals surface area contributed by atoms with Crippen LogP contribution in [0, 0.1) is 37.6 Å². The molecule has 35 heavy (non-hydrogen) atoms. The molecule has 0 aliphatic heterocycles. The molecule has 0 saturated heterocycles. The second-order valence-corrected chi connectivity index (χ2v) is 8.88. The van der Waals surface area contributed by atoms with Crippen molar-refractivity contribution < 1.29 is 14.2 Å². The summed E-state index contributed by atoms with van der Waals surface area (Å²) in [6.07, 6.45) is 0. The van der Waals surface area contributed by atoms with E-state index in [-0.39, 0.29) is 5.82 Å². The number of halogens is 3.